The number of Topliss-reactive ketones (excluding diaryl/α,β-unsaturated/α-hetero) is 1. The van der Waals surface area contributed by atoms with Crippen LogP contribution in [0.4, 0.5) is 4.39 Å². The van der Waals surface area contributed by atoms with E-state index in [1.807, 2.05) is 18.2 Å². The Hall–Kier alpha value is -3.41. The zero-order valence-corrected chi connectivity index (χ0v) is 15.3. The molecule has 1 N–H and O–H groups in total. The van der Waals surface area contributed by atoms with Crippen LogP contribution in [0.25, 0.3) is 0 Å². The monoisotopic (exact) mass is 377 g/mol. The van der Waals surface area contributed by atoms with Crippen molar-refractivity contribution in [3.63, 3.8) is 0 Å². The van der Waals surface area contributed by atoms with Crippen LogP contribution in [0.2, 0.25) is 0 Å². The van der Waals surface area contributed by atoms with Crippen molar-refractivity contribution in [1.29, 1.82) is 0 Å². The van der Waals surface area contributed by atoms with E-state index in [9.17, 15) is 14.0 Å². The Kier molecular flexibility index (Phi) is 6.57. The largest absolute Gasteiger partial charge is 0.345 e. The highest BCUT2D eigenvalue weighted by Crippen LogP contribution is 2.07. The summed E-state index contributed by atoms with van der Waals surface area (Å²) < 4.78 is 13.2. The fourth-order valence-electron chi connectivity index (χ4n) is 2.77. The molecule has 2 aromatic carbocycles. The Labute approximate surface area is 162 Å². The van der Waals surface area contributed by atoms with Crippen molar-refractivity contribution in [2.75, 3.05) is 0 Å². The van der Waals surface area contributed by atoms with E-state index in [1.165, 1.54) is 24.0 Å². The first-order valence-corrected chi connectivity index (χ1v) is 8.99. The number of hydrogen-bond donors (Lipinski definition) is 1. The number of nitrogens with zero attached hydrogens (tertiary/aromatic N) is 2. The van der Waals surface area contributed by atoms with E-state index in [2.05, 4.69) is 27.4 Å². The number of hydrogen-bond acceptors (Lipinski definition) is 4. The third kappa shape index (κ3) is 5.81. The maximum Gasteiger partial charge on any atom is 0.288 e. The van der Waals surface area contributed by atoms with Gasteiger partial charge in [-0.15, -0.1) is 0 Å². The smallest absolute Gasteiger partial charge is 0.288 e. The Morgan fingerprint density at radius 1 is 0.857 bits per heavy atom. The first kappa shape index (κ1) is 19.4. The molecule has 0 unspecified atom stereocenters. The second-order valence-electron chi connectivity index (χ2n) is 6.40. The Morgan fingerprint density at radius 3 is 2.39 bits per heavy atom. The number of nitrogens with one attached hydrogen (secondary N) is 1. The lowest BCUT2D eigenvalue weighted by Crippen LogP contribution is -2.31. The van der Waals surface area contributed by atoms with Crippen LogP contribution in [0.5, 0.6) is 0 Å². The Balaban J connectivity index is 1.52. The van der Waals surface area contributed by atoms with Crippen molar-refractivity contribution in [1.82, 2.24) is 15.3 Å². The molecule has 3 aromatic rings. The van der Waals surface area contributed by atoms with Crippen LogP contribution in [0.3, 0.4) is 0 Å². The summed E-state index contributed by atoms with van der Waals surface area (Å²) in [7, 11) is 0. The molecule has 1 aromatic heterocycles. The van der Waals surface area contributed by atoms with Gasteiger partial charge in [0.2, 0.25) is 5.78 Å². The Morgan fingerprint density at radius 2 is 1.61 bits per heavy atom. The molecule has 0 bridgehead atoms. The fraction of sp³-hybridized carbons (Fsp3) is 0.182. The number of carbonyl (C=O) groups is 2. The minimum atomic E-state index is -0.714. The van der Waals surface area contributed by atoms with Crippen molar-refractivity contribution in [2.45, 2.75) is 25.8 Å². The van der Waals surface area contributed by atoms with Crippen LogP contribution >= 0.6 is 0 Å². The van der Waals surface area contributed by atoms with Crippen molar-refractivity contribution in [2.24, 2.45) is 0 Å². The van der Waals surface area contributed by atoms with Gasteiger partial charge >= 0.3 is 0 Å². The summed E-state index contributed by atoms with van der Waals surface area (Å²) in [6.07, 6.45) is 2.86. The predicted molar refractivity (Wildman–Crippen MR) is 103 cm³/mol. The number of carbonyl (C=O) groups excluding carboxylic acids is 2. The van der Waals surface area contributed by atoms with Gasteiger partial charge < -0.3 is 5.32 Å². The highest BCUT2D eigenvalue weighted by molar-refractivity contribution is 6.36. The molecule has 0 saturated heterocycles. The van der Waals surface area contributed by atoms with E-state index in [0.717, 1.165) is 18.5 Å². The number of amides is 1. The number of rotatable bonds is 8. The molecule has 0 aliphatic rings. The van der Waals surface area contributed by atoms with Gasteiger partial charge in [0.15, 0.2) is 0 Å². The molecule has 0 spiro atoms. The molecule has 0 saturated carbocycles. The second kappa shape index (κ2) is 9.50. The molecular weight excluding hydrogens is 357 g/mol. The quantitative estimate of drug-likeness (QED) is 0.613. The lowest BCUT2D eigenvalue weighted by Gasteiger charge is -2.06. The molecule has 0 aliphatic carbocycles. The molecule has 6 heteroatoms. The average molecular weight is 377 g/mol. The van der Waals surface area contributed by atoms with Crippen LogP contribution in [-0.4, -0.2) is 21.7 Å². The molecule has 1 heterocycles. The van der Waals surface area contributed by atoms with Gasteiger partial charge in [0.25, 0.3) is 5.91 Å². The van der Waals surface area contributed by atoms with Crippen molar-refractivity contribution < 1.29 is 14.0 Å². The number of halogens is 1. The molecule has 0 fully saturated rings. The topological polar surface area (TPSA) is 72.0 Å². The molecule has 1 amide bonds. The summed E-state index contributed by atoms with van der Waals surface area (Å²) in [5, 5.41) is 2.51. The summed E-state index contributed by atoms with van der Waals surface area (Å²) in [5.74, 6) is -1.69. The summed E-state index contributed by atoms with van der Waals surface area (Å²) in [5.41, 5.74) is 3.12. The highest BCUT2D eigenvalue weighted by Gasteiger charge is 2.15. The summed E-state index contributed by atoms with van der Waals surface area (Å²) in [6, 6.07) is 17.7. The molecule has 3 rings (SSSR count). The summed E-state index contributed by atoms with van der Waals surface area (Å²) in [6.45, 7) is 0.0917. The zero-order valence-electron chi connectivity index (χ0n) is 15.3. The van der Waals surface area contributed by atoms with Crippen LogP contribution in [-0.2, 0) is 35.4 Å². The third-order valence-electron chi connectivity index (χ3n) is 4.23. The van der Waals surface area contributed by atoms with Gasteiger partial charge in [-0.2, -0.15) is 0 Å². The van der Waals surface area contributed by atoms with E-state index < -0.39 is 11.7 Å². The van der Waals surface area contributed by atoms with Crippen LogP contribution in [0.1, 0.15) is 22.5 Å². The van der Waals surface area contributed by atoms with Gasteiger partial charge in [-0.3, -0.25) is 9.59 Å². The van der Waals surface area contributed by atoms with Gasteiger partial charge in [-0.25, -0.2) is 14.4 Å². The number of aromatic nitrogens is 2. The molecule has 5 nitrogen and oxygen atoms in total. The molecule has 142 valence electrons. The van der Waals surface area contributed by atoms with E-state index in [1.54, 1.807) is 18.2 Å². The third-order valence-corrected chi connectivity index (χ3v) is 4.23. The molecule has 0 atom stereocenters. The van der Waals surface area contributed by atoms with E-state index in [4.69, 9.17) is 0 Å². The standard InChI is InChI=1S/C22H20FN3O2/c23-18-8-4-7-17(11-18)14-24-22(28)21(27)13-20-12-19(25-15-26-20)10-9-16-5-2-1-3-6-16/h1-8,11-12,15H,9-10,13-14H2,(H,24,28). The van der Waals surface area contributed by atoms with Gasteiger partial charge in [0.1, 0.15) is 12.1 Å². The van der Waals surface area contributed by atoms with Gasteiger partial charge in [0.05, 0.1) is 12.1 Å². The lowest BCUT2D eigenvalue weighted by atomic mass is 10.1. The Bertz CT molecular complexity index is 961. The minimum absolute atomic E-state index is 0.0917. The van der Waals surface area contributed by atoms with E-state index in [-0.39, 0.29) is 18.8 Å². The van der Waals surface area contributed by atoms with Crippen molar-refractivity contribution >= 4 is 11.7 Å². The molecule has 0 radical (unpaired) electrons. The predicted octanol–water partition coefficient (Wildman–Crippen LogP) is 2.83. The first-order valence-electron chi connectivity index (χ1n) is 8.99. The first-order chi connectivity index (χ1) is 13.6. The average Bonchev–Trinajstić information content (AvgIpc) is 2.71. The van der Waals surface area contributed by atoms with Crippen LogP contribution < -0.4 is 5.32 Å². The normalized spacial score (nSPS) is 10.5. The lowest BCUT2D eigenvalue weighted by molar-refractivity contribution is -0.137. The molecule has 0 aliphatic heterocycles. The fourth-order valence-corrected chi connectivity index (χ4v) is 2.77. The second-order valence-corrected chi connectivity index (χ2v) is 6.40. The summed E-state index contributed by atoms with van der Waals surface area (Å²) in [4.78, 5) is 32.5. The number of benzene rings is 2. The van der Waals surface area contributed by atoms with Crippen molar-refractivity contribution in [3.8, 4) is 0 Å². The maximum absolute atomic E-state index is 13.2. The van der Waals surface area contributed by atoms with Crippen LogP contribution in [0, 0.1) is 5.82 Å². The minimum Gasteiger partial charge on any atom is -0.345 e. The highest BCUT2D eigenvalue weighted by atomic mass is 19.1. The van der Waals surface area contributed by atoms with Gasteiger partial charge in [-0.1, -0.05) is 42.5 Å². The van der Waals surface area contributed by atoms with Crippen LogP contribution in [0.15, 0.2) is 67.0 Å². The van der Waals surface area contributed by atoms with Gasteiger partial charge in [0, 0.05) is 12.2 Å². The maximum atomic E-state index is 13.2. The van der Waals surface area contributed by atoms with Crippen molar-refractivity contribution in [3.05, 3.63) is 95.3 Å². The SMILES string of the molecule is O=C(Cc1cc(CCc2ccccc2)ncn1)C(=O)NCc1cccc(F)c1. The zero-order chi connectivity index (χ0) is 19.8. The van der Waals surface area contributed by atoms with Gasteiger partial charge in [-0.05, 0) is 42.2 Å². The molecular formula is C22H20FN3O2. The number of aryl methyl sites for hydroxylation is 2. The molecule has 28 heavy (non-hydrogen) atoms. The summed E-state index contributed by atoms with van der Waals surface area (Å²) >= 11 is 0. The number of ketones is 1. The van der Waals surface area contributed by atoms with E-state index >= 15 is 0 Å². The van der Waals surface area contributed by atoms with E-state index in [0.29, 0.717) is 11.3 Å².